The molecule has 6 heteroatoms. The SMILES string of the molecule is CN1CCN(c2cc(C=O)nc(N(C)C)n2)CC1. The Hall–Kier alpha value is -1.69. The first-order valence-electron chi connectivity index (χ1n) is 6.05. The minimum atomic E-state index is 0.433. The minimum absolute atomic E-state index is 0.433. The molecule has 0 atom stereocenters. The first kappa shape index (κ1) is 12.8. The first-order valence-corrected chi connectivity index (χ1v) is 6.05. The number of rotatable bonds is 3. The van der Waals surface area contributed by atoms with Crippen LogP contribution < -0.4 is 9.80 Å². The molecular formula is C12H19N5O. The van der Waals surface area contributed by atoms with Gasteiger partial charge in [-0.05, 0) is 7.05 Å². The largest absolute Gasteiger partial charge is 0.354 e. The molecule has 0 bridgehead atoms. The topological polar surface area (TPSA) is 52.6 Å². The molecule has 0 N–H and O–H groups in total. The van der Waals surface area contributed by atoms with Gasteiger partial charge in [-0.2, -0.15) is 4.98 Å². The number of anilines is 2. The highest BCUT2D eigenvalue weighted by atomic mass is 16.1. The summed E-state index contributed by atoms with van der Waals surface area (Å²) in [5, 5.41) is 0. The fraction of sp³-hybridized carbons (Fsp3) is 0.583. The molecule has 0 aliphatic carbocycles. The lowest BCUT2D eigenvalue weighted by Crippen LogP contribution is -2.45. The predicted octanol–water partition coefficient (Wildman–Crippen LogP) is 0.107. The van der Waals surface area contributed by atoms with E-state index in [4.69, 9.17) is 0 Å². The number of aldehydes is 1. The highest BCUT2D eigenvalue weighted by molar-refractivity contribution is 5.74. The van der Waals surface area contributed by atoms with Crippen molar-refractivity contribution in [3.63, 3.8) is 0 Å². The second-order valence-corrected chi connectivity index (χ2v) is 4.75. The number of carbonyl (C=O) groups excluding carboxylic acids is 1. The van der Waals surface area contributed by atoms with Crippen molar-refractivity contribution in [2.24, 2.45) is 0 Å². The molecule has 1 fully saturated rings. The van der Waals surface area contributed by atoms with Crippen LogP contribution in [0.3, 0.4) is 0 Å². The highest BCUT2D eigenvalue weighted by Crippen LogP contribution is 2.17. The fourth-order valence-corrected chi connectivity index (χ4v) is 1.90. The molecule has 98 valence electrons. The molecule has 1 aliphatic rings. The number of piperazine rings is 1. The molecule has 6 nitrogen and oxygen atoms in total. The van der Waals surface area contributed by atoms with Gasteiger partial charge in [-0.15, -0.1) is 0 Å². The predicted molar refractivity (Wildman–Crippen MR) is 71.5 cm³/mol. The Morgan fingerprint density at radius 2 is 1.89 bits per heavy atom. The van der Waals surface area contributed by atoms with E-state index in [1.54, 1.807) is 6.07 Å². The Bertz CT molecular complexity index is 426. The maximum absolute atomic E-state index is 10.9. The maximum Gasteiger partial charge on any atom is 0.227 e. The van der Waals surface area contributed by atoms with Gasteiger partial charge in [0.05, 0.1) is 0 Å². The van der Waals surface area contributed by atoms with Crippen LogP contribution in [0.5, 0.6) is 0 Å². The quantitative estimate of drug-likeness (QED) is 0.709. The van der Waals surface area contributed by atoms with Crippen LogP contribution in [0.25, 0.3) is 0 Å². The van der Waals surface area contributed by atoms with Crippen LogP contribution in [0.4, 0.5) is 11.8 Å². The average molecular weight is 249 g/mol. The zero-order chi connectivity index (χ0) is 13.1. The Balaban J connectivity index is 2.26. The second-order valence-electron chi connectivity index (χ2n) is 4.75. The van der Waals surface area contributed by atoms with E-state index < -0.39 is 0 Å². The average Bonchev–Trinajstić information content (AvgIpc) is 2.39. The Morgan fingerprint density at radius 3 is 2.44 bits per heavy atom. The van der Waals surface area contributed by atoms with E-state index in [1.165, 1.54) is 0 Å². The summed E-state index contributed by atoms with van der Waals surface area (Å²) in [6, 6.07) is 1.76. The molecule has 18 heavy (non-hydrogen) atoms. The van der Waals surface area contributed by atoms with Crippen LogP contribution in [0, 0.1) is 0 Å². The van der Waals surface area contributed by atoms with Gasteiger partial charge < -0.3 is 14.7 Å². The number of carbonyl (C=O) groups is 1. The summed E-state index contributed by atoms with van der Waals surface area (Å²) in [6.07, 6.45) is 0.772. The number of hydrogen-bond acceptors (Lipinski definition) is 6. The van der Waals surface area contributed by atoms with Crippen molar-refractivity contribution in [1.82, 2.24) is 14.9 Å². The molecule has 2 heterocycles. The number of hydrogen-bond donors (Lipinski definition) is 0. The van der Waals surface area contributed by atoms with Crippen molar-refractivity contribution >= 4 is 18.1 Å². The lowest BCUT2D eigenvalue weighted by molar-refractivity contribution is 0.111. The van der Waals surface area contributed by atoms with E-state index in [9.17, 15) is 4.79 Å². The van der Waals surface area contributed by atoms with Crippen LogP contribution >= 0.6 is 0 Å². The van der Waals surface area contributed by atoms with Crippen molar-refractivity contribution in [2.45, 2.75) is 0 Å². The van der Waals surface area contributed by atoms with Gasteiger partial charge in [0, 0.05) is 46.3 Å². The molecule has 0 radical (unpaired) electrons. The van der Waals surface area contributed by atoms with E-state index in [2.05, 4.69) is 26.8 Å². The first-order chi connectivity index (χ1) is 8.60. The Morgan fingerprint density at radius 1 is 1.22 bits per heavy atom. The van der Waals surface area contributed by atoms with Gasteiger partial charge in [-0.3, -0.25) is 4.79 Å². The zero-order valence-electron chi connectivity index (χ0n) is 11.1. The van der Waals surface area contributed by atoms with Gasteiger partial charge in [0.2, 0.25) is 5.95 Å². The van der Waals surface area contributed by atoms with Gasteiger partial charge >= 0.3 is 0 Å². The van der Waals surface area contributed by atoms with Crippen molar-refractivity contribution in [3.8, 4) is 0 Å². The lowest BCUT2D eigenvalue weighted by atomic mass is 10.3. The van der Waals surface area contributed by atoms with Gasteiger partial charge in [-0.1, -0.05) is 0 Å². The summed E-state index contributed by atoms with van der Waals surface area (Å²) in [7, 11) is 5.86. The molecule has 2 rings (SSSR count). The molecule has 1 saturated heterocycles. The maximum atomic E-state index is 10.9. The molecule has 0 unspecified atom stereocenters. The van der Waals surface area contributed by atoms with Gasteiger partial charge in [0.1, 0.15) is 11.5 Å². The standard InChI is InChI=1S/C12H19N5O/c1-15(2)12-13-10(9-18)8-11(14-12)17-6-4-16(3)5-7-17/h8-9H,4-7H2,1-3H3. The Labute approximate surface area is 107 Å². The second kappa shape index (κ2) is 5.30. The minimum Gasteiger partial charge on any atom is -0.354 e. The molecule has 0 spiro atoms. The van der Waals surface area contributed by atoms with Crippen LogP contribution in [0.1, 0.15) is 10.5 Å². The van der Waals surface area contributed by atoms with Crippen molar-refractivity contribution in [3.05, 3.63) is 11.8 Å². The molecule has 0 aromatic carbocycles. The van der Waals surface area contributed by atoms with E-state index in [0.717, 1.165) is 38.3 Å². The van der Waals surface area contributed by atoms with E-state index >= 15 is 0 Å². The third kappa shape index (κ3) is 2.76. The molecule has 1 aromatic heterocycles. The van der Waals surface area contributed by atoms with Crippen molar-refractivity contribution in [2.75, 3.05) is 57.1 Å². The van der Waals surface area contributed by atoms with E-state index in [0.29, 0.717) is 11.6 Å². The number of likely N-dealkylation sites (N-methyl/N-ethyl adjacent to an activating group) is 1. The number of nitrogens with zero attached hydrogens (tertiary/aromatic N) is 5. The third-order valence-corrected chi connectivity index (χ3v) is 3.07. The fourth-order valence-electron chi connectivity index (χ4n) is 1.90. The molecule has 1 aromatic rings. The molecule has 1 aliphatic heterocycles. The van der Waals surface area contributed by atoms with Gasteiger partial charge in [0.15, 0.2) is 6.29 Å². The van der Waals surface area contributed by atoms with E-state index in [-0.39, 0.29) is 0 Å². The summed E-state index contributed by atoms with van der Waals surface area (Å²) in [5.41, 5.74) is 0.433. The van der Waals surface area contributed by atoms with Crippen LogP contribution in [0.15, 0.2) is 6.07 Å². The zero-order valence-corrected chi connectivity index (χ0v) is 11.1. The monoisotopic (exact) mass is 249 g/mol. The van der Waals surface area contributed by atoms with Crippen LogP contribution in [0.2, 0.25) is 0 Å². The van der Waals surface area contributed by atoms with Crippen molar-refractivity contribution < 1.29 is 4.79 Å². The highest BCUT2D eigenvalue weighted by Gasteiger charge is 2.17. The summed E-state index contributed by atoms with van der Waals surface area (Å²) >= 11 is 0. The summed E-state index contributed by atoms with van der Waals surface area (Å²) in [6.45, 7) is 3.88. The lowest BCUT2D eigenvalue weighted by Gasteiger charge is -2.33. The third-order valence-electron chi connectivity index (χ3n) is 3.07. The van der Waals surface area contributed by atoms with Gasteiger partial charge in [0.25, 0.3) is 0 Å². The normalized spacial score (nSPS) is 16.7. The molecule has 0 amide bonds. The van der Waals surface area contributed by atoms with Crippen molar-refractivity contribution in [1.29, 1.82) is 0 Å². The van der Waals surface area contributed by atoms with Crippen LogP contribution in [-0.4, -0.2) is 68.5 Å². The molecular weight excluding hydrogens is 230 g/mol. The summed E-state index contributed by atoms with van der Waals surface area (Å²) in [5.74, 6) is 1.41. The Kier molecular flexibility index (Phi) is 3.76. The number of aromatic nitrogens is 2. The summed E-state index contributed by atoms with van der Waals surface area (Å²) < 4.78 is 0. The summed E-state index contributed by atoms with van der Waals surface area (Å²) in [4.78, 5) is 25.9. The smallest absolute Gasteiger partial charge is 0.227 e. The molecule has 0 saturated carbocycles. The van der Waals surface area contributed by atoms with Gasteiger partial charge in [-0.25, -0.2) is 4.98 Å². The van der Waals surface area contributed by atoms with E-state index in [1.807, 2.05) is 19.0 Å². The van der Waals surface area contributed by atoms with Crippen LogP contribution in [-0.2, 0) is 0 Å².